The first-order valence-corrected chi connectivity index (χ1v) is 29.8. The van der Waals surface area contributed by atoms with Crippen molar-refractivity contribution in [1.82, 2.24) is 5.32 Å². The third-order valence-electron chi connectivity index (χ3n) is 11.2. The summed E-state index contributed by atoms with van der Waals surface area (Å²) in [6, 6.07) is 47.4. The van der Waals surface area contributed by atoms with Crippen molar-refractivity contribution < 1.29 is 73.4 Å². The molecule has 6 aromatic rings. The minimum Gasteiger partial charge on any atom is -0.487 e. The first kappa shape index (κ1) is 63.6. The van der Waals surface area contributed by atoms with Gasteiger partial charge in [-0.15, -0.1) is 0 Å². The normalized spacial score (nSPS) is 14.9. The molecular formula is C58H72F6NO10PSi. The summed E-state index contributed by atoms with van der Waals surface area (Å²) in [6.07, 6.45) is 2.26. The van der Waals surface area contributed by atoms with E-state index in [4.69, 9.17) is 42.6 Å². The Morgan fingerprint density at radius 2 is 0.935 bits per heavy atom. The maximum absolute atomic E-state index is 9.84. The summed E-state index contributed by atoms with van der Waals surface area (Å²) < 4.78 is 101. The second kappa shape index (κ2) is 33.4. The molecule has 11 nitrogen and oxygen atoms in total. The van der Waals surface area contributed by atoms with Crippen molar-refractivity contribution in [2.45, 2.75) is 53.2 Å². The fourth-order valence-corrected chi connectivity index (χ4v) is 9.30. The molecule has 7 rings (SSSR count). The average Bonchev–Trinajstić information content (AvgIpc) is 3.39. The van der Waals surface area contributed by atoms with E-state index < -0.39 is 16.2 Å². The van der Waals surface area contributed by atoms with Gasteiger partial charge in [0.2, 0.25) is 0 Å². The number of halogens is 6. The van der Waals surface area contributed by atoms with Crippen LogP contribution in [0.4, 0.5) is 25.7 Å². The molecule has 0 radical (unpaired) electrons. The number of fused-ring (bicyclic) bond motifs is 2. The molecule has 0 fully saturated rings. The molecule has 0 unspecified atom stereocenters. The van der Waals surface area contributed by atoms with E-state index in [0.717, 1.165) is 24.4 Å². The molecule has 19 heteroatoms. The van der Waals surface area contributed by atoms with Gasteiger partial charge in [0, 0.05) is 13.1 Å². The summed E-state index contributed by atoms with van der Waals surface area (Å²) in [7, 11) is -10.1. The summed E-state index contributed by atoms with van der Waals surface area (Å²) >= 11 is 0. The number of hydrogen-bond donors (Lipinski definition) is 2. The number of para-hydroxylation sites is 2. The number of ether oxygens (including phenoxy) is 9. The Balaban J connectivity index is 0.000000297. The number of benzene rings is 6. The van der Waals surface area contributed by atoms with Crippen LogP contribution in [0, 0.1) is 13.8 Å². The van der Waals surface area contributed by atoms with Crippen molar-refractivity contribution in [3.63, 3.8) is 0 Å². The van der Waals surface area contributed by atoms with Crippen molar-refractivity contribution in [3.05, 3.63) is 184 Å². The van der Waals surface area contributed by atoms with Crippen LogP contribution >= 0.6 is 8.16 Å². The Morgan fingerprint density at radius 3 is 1.44 bits per heavy atom. The number of aryl methyl sites for hydroxylation is 2. The van der Waals surface area contributed by atoms with E-state index in [1.54, 1.807) is 18.2 Å². The molecule has 1 aliphatic rings. The predicted octanol–water partition coefficient (Wildman–Crippen LogP) is 12.9. The third kappa shape index (κ3) is 27.3. The van der Waals surface area contributed by atoms with E-state index in [9.17, 15) is 26.1 Å². The molecule has 420 valence electrons. The fraction of sp³-hybridized carbons (Fsp3) is 0.345. The smallest absolute Gasteiger partial charge is 0.161 e. The first-order chi connectivity index (χ1) is 36.5. The van der Waals surface area contributed by atoms with E-state index in [2.05, 4.69) is 141 Å². The quantitative estimate of drug-likeness (QED) is 0.0734. The minimum absolute atomic E-state index is 0. The van der Waals surface area contributed by atoms with Gasteiger partial charge in [0.25, 0.3) is 0 Å². The molecule has 0 spiro atoms. The van der Waals surface area contributed by atoms with E-state index >= 15 is 0 Å². The topological polar surface area (TPSA) is 115 Å². The molecule has 1 heterocycles. The monoisotopic (exact) mass is 1120 g/mol. The van der Waals surface area contributed by atoms with E-state index in [-0.39, 0.29) is 11.3 Å². The van der Waals surface area contributed by atoms with Crippen LogP contribution in [0.15, 0.2) is 145 Å². The van der Waals surface area contributed by atoms with Crippen LogP contribution in [0.2, 0.25) is 13.1 Å². The maximum atomic E-state index is 9.84. The average molecular weight is 1120 g/mol. The molecule has 0 atom stereocenters. The van der Waals surface area contributed by atoms with E-state index in [1.807, 2.05) is 24.3 Å². The van der Waals surface area contributed by atoms with Crippen LogP contribution in [-0.2, 0) is 45.3 Å². The van der Waals surface area contributed by atoms with Gasteiger partial charge in [0.15, 0.2) is 23.0 Å². The Labute approximate surface area is 450 Å². The second-order valence-corrected chi connectivity index (χ2v) is 23.7. The SMILES string of the molecule is Cc1cc(C)cc(CNCc2ccc(OCc3ccc(/C=C/[Si](C)(C)c4ccccc4)cc3)cc2)c1.F.FP(F)(F)(F)F.OCc1ccc2c(c1)OCCOCCOCCOc1ccccc1OCCOCCOCCO2. The van der Waals surface area contributed by atoms with Gasteiger partial charge in [-0.05, 0) is 78.1 Å². The molecular weight excluding hydrogens is 1040 g/mol. The molecule has 2 N–H and O–H groups in total. The second-order valence-electron chi connectivity index (χ2n) is 18.1. The maximum Gasteiger partial charge on any atom is 0.161 e. The van der Waals surface area contributed by atoms with Crippen molar-refractivity contribution in [1.29, 1.82) is 0 Å². The first-order valence-electron chi connectivity index (χ1n) is 25.1. The van der Waals surface area contributed by atoms with Crippen LogP contribution < -0.4 is 34.2 Å². The van der Waals surface area contributed by atoms with Gasteiger partial charge in [-0.3, -0.25) is 4.70 Å². The van der Waals surface area contributed by atoms with Crippen molar-refractivity contribution in [2.75, 3.05) is 79.3 Å². The Hall–Kier alpha value is -5.95. The zero-order valence-corrected chi connectivity index (χ0v) is 46.0. The summed E-state index contributed by atoms with van der Waals surface area (Å²) in [4.78, 5) is 0. The third-order valence-corrected chi connectivity index (χ3v) is 14.0. The number of rotatable bonds is 11. The van der Waals surface area contributed by atoms with Gasteiger partial charge in [-0.2, -0.15) is 0 Å². The molecule has 0 aliphatic carbocycles. The van der Waals surface area contributed by atoms with Gasteiger partial charge in [0.1, 0.15) is 46.9 Å². The minimum atomic E-state index is -8.55. The van der Waals surface area contributed by atoms with Crippen LogP contribution in [0.1, 0.15) is 38.9 Å². The summed E-state index contributed by atoms with van der Waals surface area (Å²) in [5, 5.41) is 14.4. The van der Waals surface area contributed by atoms with Crippen molar-refractivity contribution in [2.24, 2.45) is 0 Å². The van der Waals surface area contributed by atoms with Crippen molar-refractivity contribution >= 4 is 27.5 Å². The van der Waals surface area contributed by atoms with E-state index in [0.29, 0.717) is 109 Å². The zero-order chi connectivity index (χ0) is 54.5. The molecule has 77 heavy (non-hydrogen) atoms. The molecule has 0 bridgehead atoms. The van der Waals surface area contributed by atoms with Crippen molar-refractivity contribution in [3.8, 4) is 28.7 Å². The van der Waals surface area contributed by atoms with Gasteiger partial charge in [0.05, 0.1) is 59.5 Å². The number of nitrogens with one attached hydrogen (secondary N) is 1. The van der Waals surface area contributed by atoms with Crippen LogP contribution in [0.25, 0.3) is 6.08 Å². The Bertz CT molecular complexity index is 2590. The molecule has 0 saturated carbocycles. The molecule has 0 saturated heterocycles. The van der Waals surface area contributed by atoms with E-state index in [1.165, 1.54) is 38.6 Å². The molecule has 1 aliphatic heterocycles. The molecule has 6 aromatic carbocycles. The van der Waals surface area contributed by atoms with Crippen LogP contribution in [0.5, 0.6) is 28.7 Å². The standard InChI is InChI=1S/C33H37NOSi.C25H34O9.F5P.FH/c1-26-20-27(2)22-31(21-26)24-34-23-29-14-16-32(17-15-29)35-25-30-12-10-28(11-13-30)18-19-36(3,4)33-8-6-5-7-9-33;26-20-21-5-6-24-25(19-21)34-18-14-30-10-9-28-12-16-32-23-4-2-1-3-22(23)31-15-11-27-7-8-29-13-17-33-24;1-6(2,3,4)5;/h5-22,34H,23-25H2,1-4H3;1-6,19,26H,7-18,20H2;;1H/b19-18+;;;. The van der Waals surface area contributed by atoms with Gasteiger partial charge >= 0.3 is 29.1 Å². The number of aliphatic hydroxyl groups is 1. The Kier molecular flexibility index (Phi) is 27.5. The fourth-order valence-electron chi connectivity index (χ4n) is 7.44. The summed E-state index contributed by atoms with van der Waals surface area (Å²) in [5.41, 5.74) is 10.8. The predicted molar refractivity (Wildman–Crippen MR) is 295 cm³/mol. The number of aliphatic hydroxyl groups excluding tert-OH is 1. The zero-order valence-electron chi connectivity index (χ0n) is 44.1. The number of hydrogen-bond acceptors (Lipinski definition) is 11. The molecule has 0 amide bonds. The van der Waals surface area contributed by atoms with Gasteiger partial charge in [-0.25, -0.2) is 0 Å². The largest absolute Gasteiger partial charge is 0.487 e. The molecule has 0 aromatic heterocycles. The Morgan fingerprint density at radius 1 is 0.506 bits per heavy atom. The van der Waals surface area contributed by atoms with Crippen LogP contribution in [-0.4, -0.2) is 92.5 Å². The van der Waals surface area contributed by atoms with Gasteiger partial charge in [-0.1, -0.05) is 144 Å². The summed E-state index contributed by atoms with van der Waals surface area (Å²) in [5.74, 6) is 3.38. The summed E-state index contributed by atoms with van der Waals surface area (Å²) in [6.45, 7) is 16.3. The van der Waals surface area contributed by atoms with Crippen LogP contribution in [0.3, 0.4) is 0 Å². The van der Waals surface area contributed by atoms with Gasteiger partial charge < -0.3 is 53.1 Å².